The zero-order valence-electron chi connectivity index (χ0n) is 18.4. The van der Waals surface area contributed by atoms with Gasteiger partial charge in [-0.25, -0.2) is 19.6 Å². The maximum absolute atomic E-state index is 11.4. The van der Waals surface area contributed by atoms with E-state index in [1.807, 2.05) is 0 Å². The van der Waals surface area contributed by atoms with E-state index in [9.17, 15) is 19.2 Å². The molecule has 4 aromatic rings. The van der Waals surface area contributed by atoms with Crippen LogP contribution in [0.1, 0.15) is 0 Å². The molecule has 0 amide bonds. The number of rotatable bonds is 1. The summed E-state index contributed by atoms with van der Waals surface area (Å²) in [5, 5.41) is 0. The van der Waals surface area contributed by atoms with Gasteiger partial charge in [0.05, 0.1) is 12.7 Å². The van der Waals surface area contributed by atoms with Gasteiger partial charge in [0, 0.05) is 41.3 Å². The molecule has 0 aromatic carbocycles. The van der Waals surface area contributed by atoms with Crippen LogP contribution in [0.2, 0.25) is 0 Å². The number of nitrogens with zero attached hydrogens (tertiary/aromatic N) is 6. The fourth-order valence-electron chi connectivity index (χ4n) is 2.54. The Morgan fingerprint density at radius 2 is 1.03 bits per heavy atom. The average molecular weight is 586 g/mol. The summed E-state index contributed by atoms with van der Waals surface area (Å²) in [5.74, 6) is 0. The Balaban J connectivity index is 0.000000490. The Kier molecular flexibility index (Phi) is 12.7. The SMILES string of the molecule is Cn1c(=O)c2[nH]cnc2n(C)c1=O.Cn1c(=O)c2[nH]cnc2n(C)c1=O.NCCN.[I-].[K+]. The van der Waals surface area contributed by atoms with Gasteiger partial charge in [-0.15, -0.1) is 0 Å². The summed E-state index contributed by atoms with van der Waals surface area (Å²) in [7, 11) is 6.02. The number of aromatic amines is 2. The second kappa shape index (κ2) is 13.3. The van der Waals surface area contributed by atoms with E-state index >= 15 is 0 Å². The quantitative estimate of drug-likeness (QED) is 0.125. The minimum absolute atomic E-state index is 0. The van der Waals surface area contributed by atoms with Crippen molar-refractivity contribution >= 4 is 22.3 Å². The van der Waals surface area contributed by atoms with Crippen LogP contribution >= 0.6 is 0 Å². The number of aromatic nitrogens is 8. The maximum Gasteiger partial charge on any atom is 1.00 e. The summed E-state index contributed by atoms with van der Waals surface area (Å²) in [6.07, 6.45) is 2.79. The first kappa shape index (κ1) is 30.6. The molecule has 0 aliphatic heterocycles. The molecular weight excluding hydrogens is 562 g/mol. The number of fused-ring (bicyclic) bond motifs is 2. The second-order valence-corrected chi connectivity index (χ2v) is 6.19. The summed E-state index contributed by atoms with van der Waals surface area (Å²) < 4.78 is 4.74. The molecule has 0 saturated heterocycles. The molecule has 0 aliphatic carbocycles. The minimum atomic E-state index is -0.371. The molecular formula is C16H24IKN10O4. The molecule has 0 fully saturated rings. The molecule has 14 nitrogen and oxygen atoms in total. The van der Waals surface area contributed by atoms with Crippen molar-refractivity contribution in [2.24, 2.45) is 39.7 Å². The van der Waals surface area contributed by atoms with Crippen LogP contribution in [-0.4, -0.2) is 51.3 Å². The first-order chi connectivity index (χ1) is 14.2. The van der Waals surface area contributed by atoms with Crippen LogP contribution < -0.4 is 109 Å². The van der Waals surface area contributed by atoms with E-state index in [-0.39, 0.29) is 97.9 Å². The number of H-pyrrole nitrogens is 2. The van der Waals surface area contributed by atoms with E-state index in [0.29, 0.717) is 35.4 Å². The van der Waals surface area contributed by atoms with Crippen LogP contribution in [0, 0.1) is 0 Å². The molecule has 4 aromatic heterocycles. The molecule has 0 saturated carbocycles. The van der Waals surface area contributed by atoms with Gasteiger partial charge in [0.25, 0.3) is 11.1 Å². The molecule has 16 heteroatoms. The number of hydrogen-bond acceptors (Lipinski definition) is 8. The number of imidazole rings is 2. The summed E-state index contributed by atoms with van der Waals surface area (Å²) in [6, 6.07) is 0. The van der Waals surface area contributed by atoms with Gasteiger partial charge in [0.2, 0.25) is 0 Å². The largest absolute Gasteiger partial charge is 1.00 e. The fourth-order valence-corrected chi connectivity index (χ4v) is 2.54. The van der Waals surface area contributed by atoms with Crippen LogP contribution in [0.5, 0.6) is 0 Å². The Morgan fingerprint density at radius 1 is 0.719 bits per heavy atom. The van der Waals surface area contributed by atoms with E-state index < -0.39 is 0 Å². The summed E-state index contributed by atoms with van der Waals surface area (Å²) in [4.78, 5) is 58.8. The molecule has 4 rings (SSSR count). The molecule has 0 aliphatic rings. The standard InChI is InChI=1S/2C7H8N4O2.C2H8N2.HI.K/c2*1-10-5-4(8-3-9-5)6(12)11(2)7(10)13;3-1-2-4;;/h2*3H,1-2H3,(H,8,9);1-4H2;1H;/q;;;;+1/p-1. The number of nitrogens with one attached hydrogen (secondary N) is 2. The van der Waals surface area contributed by atoms with Crippen molar-refractivity contribution < 1.29 is 75.4 Å². The minimum Gasteiger partial charge on any atom is -1.00 e. The van der Waals surface area contributed by atoms with Gasteiger partial charge in [-0.3, -0.25) is 27.9 Å². The Hall–Kier alpha value is -1.41. The van der Waals surface area contributed by atoms with E-state index in [1.54, 1.807) is 14.1 Å². The number of aryl methyl sites for hydroxylation is 2. The van der Waals surface area contributed by atoms with Crippen molar-refractivity contribution in [3.8, 4) is 0 Å². The van der Waals surface area contributed by atoms with E-state index in [2.05, 4.69) is 19.9 Å². The second-order valence-electron chi connectivity index (χ2n) is 6.19. The number of hydrogen-bond donors (Lipinski definition) is 4. The van der Waals surface area contributed by atoms with Gasteiger partial charge in [0.1, 0.15) is 11.0 Å². The van der Waals surface area contributed by atoms with Gasteiger partial charge in [-0.1, -0.05) is 0 Å². The van der Waals surface area contributed by atoms with Crippen molar-refractivity contribution in [1.82, 2.24) is 38.2 Å². The molecule has 0 bridgehead atoms. The average Bonchev–Trinajstić information content (AvgIpc) is 3.44. The maximum atomic E-state index is 11.4. The third-order valence-corrected chi connectivity index (χ3v) is 4.23. The van der Waals surface area contributed by atoms with Crippen molar-refractivity contribution in [2.75, 3.05) is 13.1 Å². The van der Waals surface area contributed by atoms with Crippen molar-refractivity contribution in [3.05, 3.63) is 54.3 Å². The van der Waals surface area contributed by atoms with Crippen molar-refractivity contribution in [3.63, 3.8) is 0 Å². The topological polar surface area (TPSA) is 197 Å². The number of halogens is 1. The first-order valence-electron chi connectivity index (χ1n) is 8.75. The molecule has 0 spiro atoms. The third-order valence-electron chi connectivity index (χ3n) is 4.23. The van der Waals surface area contributed by atoms with Crippen LogP contribution in [-0.2, 0) is 28.2 Å². The van der Waals surface area contributed by atoms with E-state index in [1.165, 1.54) is 35.9 Å². The fraction of sp³-hybridized carbons (Fsp3) is 0.375. The van der Waals surface area contributed by atoms with E-state index in [0.717, 1.165) is 9.13 Å². The van der Waals surface area contributed by atoms with Crippen molar-refractivity contribution in [2.45, 2.75) is 0 Å². The van der Waals surface area contributed by atoms with Gasteiger partial charge in [-0.05, 0) is 0 Å². The zero-order chi connectivity index (χ0) is 22.6. The molecule has 6 N–H and O–H groups in total. The first-order valence-corrected chi connectivity index (χ1v) is 8.75. The predicted octanol–water partition coefficient (Wildman–Crippen LogP) is -9.17. The normalized spacial score (nSPS) is 9.81. The van der Waals surface area contributed by atoms with Crippen LogP contribution in [0.3, 0.4) is 0 Å². The van der Waals surface area contributed by atoms with Crippen LogP contribution in [0.15, 0.2) is 31.8 Å². The van der Waals surface area contributed by atoms with Gasteiger partial charge in [-0.2, -0.15) is 0 Å². The molecule has 32 heavy (non-hydrogen) atoms. The van der Waals surface area contributed by atoms with Crippen LogP contribution in [0.25, 0.3) is 22.3 Å². The van der Waals surface area contributed by atoms with Gasteiger partial charge in [0.15, 0.2) is 11.3 Å². The molecule has 170 valence electrons. The third kappa shape index (κ3) is 6.13. The van der Waals surface area contributed by atoms with Crippen LogP contribution in [0.4, 0.5) is 0 Å². The zero-order valence-corrected chi connectivity index (χ0v) is 23.7. The van der Waals surface area contributed by atoms with Gasteiger partial charge >= 0.3 is 62.8 Å². The smallest absolute Gasteiger partial charge is 1.00 e. The summed E-state index contributed by atoms with van der Waals surface area (Å²) in [6.45, 7) is 1.19. The monoisotopic (exact) mass is 586 g/mol. The summed E-state index contributed by atoms with van der Waals surface area (Å²) >= 11 is 0. The predicted molar refractivity (Wildman–Crippen MR) is 111 cm³/mol. The van der Waals surface area contributed by atoms with Gasteiger partial charge < -0.3 is 45.4 Å². The Morgan fingerprint density at radius 3 is 1.31 bits per heavy atom. The number of nitrogens with two attached hydrogens (primary N) is 2. The van der Waals surface area contributed by atoms with E-state index in [4.69, 9.17) is 11.5 Å². The van der Waals surface area contributed by atoms with Crippen molar-refractivity contribution in [1.29, 1.82) is 0 Å². The Labute approximate surface area is 240 Å². The molecule has 4 heterocycles. The molecule has 0 atom stereocenters. The molecule has 0 radical (unpaired) electrons. The Bertz CT molecular complexity index is 1300. The summed E-state index contributed by atoms with van der Waals surface area (Å²) in [5.41, 5.74) is 9.83. The molecule has 0 unspecified atom stereocenters.